The highest BCUT2D eigenvalue weighted by molar-refractivity contribution is 7.44. The third-order valence-electron chi connectivity index (χ3n) is 2.70. The Morgan fingerprint density at radius 3 is 2.05 bits per heavy atom. The lowest BCUT2D eigenvalue weighted by Crippen LogP contribution is -2.36. The molecule has 0 rings (SSSR count). The van der Waals surface area contributed by atoms with E-state index in [4.69, 9.17) is 9.47 Å². The van der Waals surface area contributed by atoms with Crippen LogP contribution in [0, 0.1) is 0 Å². The highest BCUT2D eigenvalue weighted by Gasteiger charge is 2.20. The van der Waals surface area contributed by atoms with Crippen LogP contribution in [-0.2, 0) is 23.6 Å². The zero-order valence-corrected chi connectivity index (χ0v) is 14.9. The molecule has 0 aliphatic rings. The van der Waals surface area contributed by atoms with Gasteiger partial charge in [0.1, 0.15) is 13.2 Å². The molecule has 1 atom stereocenters. The third-order valence-corrected chi connectivity index (χ3v) is 4.08. The number of esters is 2. The number of carbonyl (C=O) groups excluding carboxylic acids is 2. The van der Waals surface area contributed by atoms with Gasteiger partial charge in [0.25, 0.3) is 0 Å². The number of quaternary nitrogens is 1. The molecule has 1 unspecified atom stereocenters. The van der Waals surface area contributed by atoms with Crippen molar-refractivity contribution < 1.29 is 28.1 Å². The second kappa shape index (κ2) is 11.3. The Balaban J connectivity index is 3.81. The predicted molar refractivity (Wildman–Crippen MR) is 86.2 cm³/mol. The van der Waals surface area contributed by atoms with Gasteiger partial charge in [-0.25, -0.2) is 9.59 Å². The first-order chi connectivity index (χ1) is 10.2. The molecule has 0 N–H and O–H groups in total. The summed E-state index contributed by atoms with van der Waals surface area (Å²) in [5.74, 6) is -1.18. The summed E-state index contributed by atoms with van der Waals surface area (Å²) in [6, 6.07) is 0. The van der Waals surface area contributed by atoms with Crippen LogP contribution in [0.5, 0.6) is 0 Å². The molecule has 0 aromatic carbocycles. The second-order valence-corrected chi connectivity index (χ2v) is 7.82. The van der Waals surface area contributed by atoms with E-state index in [1.54, 1.807) is 0 Å². The molecule has 0 heterocycles. The van der Waals surface area contributed by atoms with E-state index in [0.717, 1.165) is 36.0 Å². The lowest BCUT2D eigenvalue weighted by Gasteiger charge is -2.21. The van der Waals surface area contributed by atoms with Crippen LogP contribution in [0.25, 0.3) is 0 Å². The standard InChI is InChI=1S/C15H28NO5P/c1-5-6-10-20-14(17)7-8-15(18)21-11-13-22(19)12-9-16(2,3)4/h7-8H,5-6,9-13H2,1-4H3/q+2/b8-7+. The van der Waals surface area contributed by atoms with Gasteiger partial charge in [0.2, 0.25) is 0 Å². The summed E-state index contributed by atoms with van der Waals surface area (Å²) >= 11 is 0. The highest BCUT2D eigenvalue weighted by Crippen LogP contribution is 2.19. The van der Waals surface area contributed by atoms with Gasteiger partial charge in [-0.2, -0.15) is 0 Å². The fraction of sp³-hybridized carbons (Fsp3) is 0.733. The average Bonchev–Trinajstić information content (AvgIpc) is 2.42. The SMILES string of the molecule is CCCCOC(=O)/C=C/C(=O)OCC[P+](=O)CC[N+](C)(C)C. The maximum absolute atomic E-state index is 11.7. The predicted octanol–water partition coefficient (Wildman–Crippen LogP) is 1.96. The monoisotopic (exact) mass is 333 g/mol. The van der Waals surface area contributed by atoms with Crippen molar-refractivity contribution in [2.75, 3.05) is 53.2 Å². The van der Waals surface area contributed by atoms with Crippen molar-refractivity contribution >= 4 is 19.7 Å². The topological polar surface area (TPSA) is 69.7 Å². The van der Waals surface area contributed by atoms with E-state index in [-0.39, 0.29) is 6.61 Å². The van der Waals surface area contributed by atoms with Crippen molar-refractivity contribution in [3.05, 3.63) is 12.2 Å². The maximum Gasteiger partial charge on any atom is 0.348 e. The normalized spacial score (nSPS) is 12.3. The molecule has 0 amide bonds. The molecule has 0 aromatic rings. The molecule has 0 aromatic heterocycles. The minimum atomic E-state index is -1.37. The smallest absolute Gasteiger partial charge is 0.348 e. The van der Waals surface area contributed by atoms with Crippen LogP contribution in [0.1, 0.15) is 19.8 Å². The van der Waals surface area contributed by atoms with Crippen molar-refractivity contribution in [3.8, 4) is 0 Å². The number of ether oxygens (including phenoxy) is 2. The van der Waals surface area contributed by atoms with Gasteiger partial charge in [-0.15, -0.1) is 0 Å². The van der Waals surface area contributed by atoms with Gasteiger partial charge in [-0.1, -0.05) is 17.9 Å². The van der Waals surface area contributed by atoms with Gasteiger partial charge in [0.05, 0.1) is 27.7 Å². The van der Waals surface area contributed by atoms with Crippen LogP contribution < -0.4 is 0 Å². The van der Waals surface area contributed by atoms with Gasteiger partial charge in [0.15, 0.2) is 12.3 Å². The highest BCUT2D eigenvalue weighted by atomic mass is 31.1. The van der Waals surface area contributed by atoms with Crippen molar-refractivity contribution in [1.82, 2.24) is 0 Å². The van der Waals surface area contributed by atoms with Crippen LogP contribution in [0.4, 0.5) is 0 Å². The number of hydrogen-bond donors (Lipinski definition) is 0. The Kier molecular flexibility index (Phi) is 10.7. The lowest BCUT2D eigenvalue weighted by molar-refractivity contribution is -0.867. The molecule has 0 spiro atoms. The Hall–Kier alpha value is -1.26. The zero-order chi connectivity index (χ0) is 17.0. The number of nitrogens with zero attached hydrogens (tertiary/aromatic N) is 1. The van der Waals surface area contributed by atoms with E-state index < -0.39 is 19.7 Å². The molecule has 0 aliphatic carbocycles. The zero-order valence-electron chi connectivity index (χ0n) is 14.0. The van der Waals surface area contributed by atoms with Crippen LogP contribution in [0.2, 0.25) is 0 Å². The van der Waals surface area contributed by atoms with Crippen molar-refractivity contribution in [2.45, 2.75) is 19.8 Å². The first-order valence-electron chi connectivity index (χ1n) is 7.48. The largest absolute Gasteiger partial charge is 0.463 e. The summed E-state index contributed by atoms with van der Waals surface area (Å²) in [6.45, 7) is 3.25. The molecule has 0 aliphatic heterocycles. The quantitative estimate of drug-likeness (QED) is 0.190. The number of rotatable bonds is 11. The van der Waals surface area contributed by atoms with Crippen molar-refractivity contribution in [1.29, 1.82) is 0 Å². The molecule has 0 fully saturated rings. The maximum atomic E-state index is 11.7. The van der Waals surface area contributed by atoms with Gasteiger partial charge in [0, 0.05) is 12.2 Å². The summed E-state index contributed by atoms with van der Waals surface area (Å²) in [6.07, 6.45) is 4.77. The van der Waals surface area contributed by atoms with Crippen LogP contribution in [0.15, 0.2) is 12.2 Å². The minimum Gasteiger partial charge on any atom is -0.463 e. The summed E-state index contributed by atoms with van der Waals surface area (Å²) in [7, 11) is 4.74. The van der Waals surface area contributed by atoms with E-state index >= 15 is 0 Å². The van der Waals surface area contributed by atoms with E-state index in [1.165, 1.54) is 0 Å². The minimum absolute atomic E-state index is 0.0976. The molecule has 7 heteroatoms. The molecule has 0 saturated heterocycles. The molecule has 6 nitrogen and oxygen atoms in total. The first kappa shape index (κ1) is 20.7. The Morgan fingerprint density at radius 1 is 1.00 bits per heavy atom. The average molecular weight is 333 g/mol. The van der Waals surface area contributed by atoms with Crippen LogP contribution in [0.3, 0.4) is 0 Å². The van der Waals surface area contributed by atoms with E-state index in [2.05, 4.69) is 0 Å². The Morgan fingerprint density at radius 2 is 1.55 bits per heavy atom. The van der Waals surface area contributed by atoms with Crippen LogP contribution >= 0.6 is 7.80 Å². The molecule has 0 bridgehead atoms. The molecule has 126 valence electrons. The van der Waals surface area contributed by atoms with Gasteiger partial charge >= 0.3 is 19.7 Å². The summed E-state index contributed by atoms with van der Waals surface area (Å²) in [5.41, 5.74) is 0. The lowest BCUT2D eigenvalue weighted by atomic mass is 10.4. The number of unbranched alkanes of at least 4 members (excludes halogenated alkanes) is 1. The third kappa shape index (κ3) is 13.7. The van der Waals surface area contributed by atoms with Crippen LogP contribution in [-0.4, -0.2) is 69.6 Å². The fourth-order valence-electron chi connectivity index (χ4n) is 1.32. The fourth-order valence-corrected chi connectivity index (χ4v) is 2.66. The summed E-state index contributed by atoms with van der Waals surface area (Å²) in [5, 5.41) is 0. The van der Waals surface area contributed by atoms with Gasteiger partial charge < -0.3 is 14.0 Å². The first-order valence-corrected chi connectivity index (χ1v) is 9.11. The van der Waals surface area contributed by atoms with Crippen molar-refractivity contribution in [2.24, 2.45) is 0 Å². The summed E-state index contributed by atoms with van der Waals surface area (Å²) < 4.78 is 22.2. The van der Waals surface area contributed by atoms with E-state index in [0.29, 0.717) is 18.9 Å². The molecule has 0 saturated carbocycles. The number of carbonyl (C=O) groups is 2. The van der Waals surface area contributed by atoms with Gasteiger partial charge in [-0.3, -0.25) is 0 Å². The number of hydrogen-bond acceptors (Lipinski definition) is 5. The van der Waals surface area contributed by atoms with Crippen molar-refractivity contribution in [3.63, 3.8) is 0 Å². The second-order valence-electron chi connectivity index (χ2n) is 5.96. The summed E-state index contributed by atoms with van der Waals surface area (Å²) in [4.78, 5) is 22.6. The molecule has 0 radical (unpaired) electrons. The molecular formula is C15H28NO5P+2. The van der Waals surface area contributed by atoms with E-state index in [1.807, 2.05) is 28.1 Å². The Labute approximate surface area is 133 Å². The Bertz CT molecular complexity index is 401. The van der Waals surface area contributed by atoms with E-state index in [9.17, 15) is 14.2 Å². The van der Waals surface area contributed by atoms with Gasteiger partial charge in [-0.05, 0) is 6.42 Å². The molecular weight excluding hydrogens is 305 g/mol. The molecule has 22 heavy (non-hydrogen) atoms.